The molecular formula is C16H26FN3. The molecule has 1 fully saturated rings. The highest BCUT2D eigenvalue weighted by molar-refractivity contribution is 5.50. The van der Waals surface area contributed by atoms with Crippen LogP contribution in [-0.4, -0.2) is 44.2 Å². The molecule has 1 aliphatic heterocycles. The summed E-state index contributed by atoms with van der Waals surface area (Å²) in [5.74, 6) is -0.107. The Labute approximate surface area is 121 Å². The molecule has 0 spiro atoms. The quantitative estimate of drug-likeness (QED) is 0.914. The molecule has 0 radical (unpaired) electrons. The van der Waals surface area contributed by atoms with Crippen LogP contribution in [0.2, 0.25) is 0 Å². The van der Waals surface area contributed by atoms with Crippen LogP contribution in [0.15, 0.2) is 18.2 Å². The number of nitrogens with zero attached hydrogens (tertiary/aromatic N) is 2. The van der Waals surface area contributed by atoms with Crippen molar-refractivity contribution in [3.63, 3.8) is 0 Å². The van der Waals surface area contributed by atoms with Crippen molar-refractivity contribution in [2.75, 3.05) is 38.1 Å². The highest BCUT2D eigenvalue weighted by atomic mass is 19.1. The van der Waals surface area contributed by atoms with Crippen molar-refractivity contribution >= 4 is 5.69 Å². The van der Waals surface area contributed by atoms with Crippen LogP contribution in [0.5, 0.6) is 0 Å². The first-order valence-electron chi connectivity index (χ1n) is 7.51. The van der Waals surface area contributed by atoms with Gasteiger partial charge in [0.1, 0.15) is 5.82 Å². The van der Waals surface area contributed by atoms with E-state index in [1.807, 2.05) is 12.1 Å². The number of hydrogen-bond donors (Lipinski definition) is 1. The molecule has 0 saturated carbocycles. The number of benzene rings is 1. The molecule has 2 rings (SSSR count). The van der Waals surface area contributed by atoms with Crippen molar-refractivity contribution in [1.29, 1.82) is 0 Å². The lowest BCUT2D eigenvalue weighted by molar-refractivity contribution is 0.233. The Balaban J connectivity index is 2.13. The van der Waals surface area contributed by atoms with Crippen LogP contribution < -0.4 is 10.2 Å². The Hall–Kier alpha value is -1.13. The van der Waals surface area contributed by atoms with Gasteiger partial charge in [0, 0.05) is 31.7 Å². The van der Waals surface area contributed by atoms with E-state index in [2.05, 4.69) is 42.9 Å². The van der Waals surface area contributed by atoms with Gasteiger partial charge in [0.2, 0.25) is 0 Å². The third-order valence-electron chi connectivity index (χ3n) is 4.28. The molecule has 0 bridgehead atoms. The average Bonchev–Trinajstić information content (AvgIpc) is 2.42. The van der Waals surface area contributed by atoms with Gasteiger partial charge in [0.05, 0.1) is 5.69 Å². The third-order valence-corrected chi connectivity index (χ3v) is 4.28. The number of halogens is 1. The van der Waals surface area contributed by atoms with Crippen LogP contribution >= 0.6 is 0 Å². The maximum atomic E-state index is 14.4. The van der Waals surface area contributed by atoms with Gasteiger partial charge in [0.15, 0.2) is 0 Å². The van der Waals surface area contributed by atoms with Gasteiger partial charge < -0.3 is 15.1 Å². The van der Waals surface area contributed by atoms with E-state index in [9.17, 15) is 4.39 Å². The van der Waals surface area contributed by atoms with Gasteiger partial charge >= 0.3 is 0 Å². The molecule has 112 valence electrons. The Kier molecular flexibility index (Phi) is 5.00. The van der Waals surface area contributed by atoms with E-state index in [1.54, 1.807) is 6.07 Å². The van der Waals surface area contributed by atoms with Gasteiger partial charge in [-0.2, -0.15) is 0 Å². The van der Waals surface area contributed by atoms with Crippen molar-refractivity contribution in [2.45, 2.75) is 32.9 Å². The van der Waals surface area contributed by atoms with Crippen LogP contribution in [0.3, 0.4) is 0 Å². The monoisotopic (exact) mass is 279 g/mol. The highest BCUT2D eigenvalue weighted by Gasteiger charge is 2.23. The lowest BCUT2D eigenvalue weighted by Crippen LogP contribution is -2.50. The molecule has 3 nitrogen and oxygen atoms in total. The summed E-state index contributed by atoms with van der Waals surface area (Å²) in [6.45, 7) is 9.96. The van der Waals surface area contributed by atoms with Crippen LogP contribution in [0.4, 0.5) is 10.1 Å². The maximum absolute atomic E-state index is 14.4. The summed E-state index contributed by atoms with van der Waals surface area (Å²) in [4.78, 5) is 4.47. The lowest BCUT2D eigenvalue weighted by Gasteiger charge is -2.39. The number of nitrogens with one attached hydrogen (secondary N) is 1. The van der Waals surface area contributed by atoms with Crippen molar-refractivity contribution in [3.8, 4) is 0 Å². The fourth-order valence-electron chi connectivity index (χ4n) is 2.74. The molecular weight excluding hydrogens is 253 g/mol. The third kappa shape index (κ3) is 3.30. The molecule has 1 heterocycles. The fourth-order valence-corrected chi connectivity index (χ4v) is 2.74. The second-order valence-electron chi connectivity index (χ2n) is 5.77. The van der Waals surface area contributed by atoms with Gasteiger partial charge in [0.25, 0.3) is 0 Å². The molecule has 1 aromatic rings. The van der Waals surface area contributed by atoms with Crippen LogP contribution in [0.25, 0.3) is 0 Å². The van der Waals surface area contributed by atoms with Gasteiger partial charge in [-0.15, -0.1) is 0 Å². The largest absolute Gasteiger partial charge is 0.366 e. The molecule has 4 heteroatoms. The summed E-state index contributed by atoms with van der Waals surface area (Å²) in [5.41, 5.74) is 1.74. The number of anilines is 1. The molecule has 1 aliphatic rings. The zero-order chi connectivity index (χ0) is 14.7. The minimum absolute atomic E-state index is 0.107. The van der Waals surface area contributed by atoms with Gasteiger partial charge in [-0.05, 0) is 45.1 Å². The normalized spacial score (nSPS) is 22.1. The standard InChI is InChI=1S/C16H26FN3/c1-5-18-13(3)14-6-7-16(15(17)10-14)20-9-8-19(4)12(2)11-20/h6-7,10,12-13,18H,5,8-9,11H2,1-4H3. The minimum atomic E-state index is -0.107. The molecule has 0 aliphatic carbocycles. The lowest BCUT2D eigenvalue weighted by atomic mass is 10.1. The summed E-state index contributed by atoms with van der Waals surface area (Å²) in [6.07, 6.45) is 0. The fraction of sp³-hybridized carbons (Fsp3) is 0.625. The predicted molar refractivity (Wildman–Crippen MR) is 82.8 cm³/mol. The first-order chi connectivity index (χ1) is 9.52. The molecule has 1 saturated heterocycles. The van der Waals surface area contributed by atoms with E-state index in [0.29, 0.717) is 6.04 Å². The van der Waals surface area contributed by atoms with Crippen LogP contribution in [0, 0.1) is 5.82 Å². The van der Waals surface area contributed by atoms with Gasteiger partial charge in [-0.25, -0.2) is 4.39 Å². The zero-order valence-electron chi connectivity index (χ0n) is 13.0. The highest BCUT2D eigenvalue weighted by Crippen LogP contribution is 2.25. The van der Waals surface area contributed by atoms with E-state index in [1.165, 1.54) is 0 Å². The predicted octanol–water partition coefficient (Wildman–Crippen LogP) is 2.64. The number of likely N-dealkylation sites (N-methyl/N-ethyl adjacent to an activating group) is 1. The summed E-state index contributed by atoms with van der Waals surface area (Å²) < 4.78 is 14.4. The first-order valence-corrected chi connectivity index (χ1v) is 7.51. The summed E-state index contributed by atoms with van der Waals surface area (Å²) in [7, 11) is 2.12. The summed E-state index contributed by atoms with van der Waals surface area (Å²) in [5, 5.41) is 3.31. The molecule has 0 aromatic heterocycles. The summed E-state index contributed by atoms with van der Waals surface area (Å²) in [6, 6.07) is 6.29. The summed E-state index contributed by atoms with van der Waals surface area (Å²) >= 11 is 0. The average molecular weight is 279 g/mol. The maximum Gasteiger partial charge on any atom is 0.146 e. The minimum Gasteiger partial charge on any atom is -0.366 e. The Bertz CT molecular complexity index is 449. The second kappa shape index (κ2) is 6.55. The zero-order valence-corrected chi connectivity index (χ0v) is 13.0. The molecule has 20 heavy (non-hydrogen) atoms. The Morgan fingerprint density at radius 3 is 2.75 bits per heavy atom. The van der Waals surface area contributed by atoms with Gasteiger partial charge in [-0.1, -0.05) is 13.0 Å². The molecule has 2 unspecified atom stereocenters. The number of rotatable bonds is 4. The molecule has 1 aromatic carbocycles. The van der Waals surface area contributed by atoms with Crippen LogP contribution in [0.1, 0.15) is 32.4 Å². The Morgan fingerprint density at radius 2 is 2.15 bits per heavy atom. The van der Waals surface area contributed by atoms with E-state index < -0.39 is 0 Å². The smallest absolute Gasteiger partial charge is 0.146 e. The van der Waals surface area contributed by atoms with Crippen molar-refractivity contribution in [1.82, 2.24) is 10.2 Å². The molecule has 2 atom stereocenters. The first kappa shape index (κ1) is 15.3. The van der Waals surface area contributed by atoms with E-state index in [-0.39, 0.29) is 11.9 Å². The number of hydrogen-bond acceptors (Lipinski definition) is 3. The van der Waals surface area contributed by atoms with E-state index >= 15 is 0 Å². The van der Waals surface area contributed by atoms with Crippen LogP contribution in [-0.2, 0) is 0 Å². The van der Waals surface area contributed by atoms with Crippen molar-refractivity contribution in [3.05, 3.63) is 29.6 Å². The van der Waals surface area contributed by atoms with E-state index in [4.69, 9.17) is 0 Å². The van der Waals surface area contributed by atoms with Crippen molar-refractivity contribution < 1.29 is 4.39 Å². The van der Waals surface area contributed by atoms with E-state index in [0.717, 1.165) is 37.4 Å². The van der Waals surface area contributed by atoms with Crippen molar-refractivity contribution in [2.24, 2.45) is 0 Å². The van der Waals surface area contributed by atoms with Gasteiger partial charge in [-0.3, -0.25) is 0 Å². The topological polar surface area (TPSA) is 18.5 Å². The Morgan fingerprint density at radius 1 is 1.40 bits per heavy atom. The molecule has 1 N–H and O–H groups in total. The second-order valence-corrected chi connectivity index (χ2v) is 5.77. The number of piperazine rings is 1. The SMILES string of the molecule is CCNC(C)c1ccc(N2CCN(C)C(C)C2)c(F)c1. The molecule has 0 amide bonds.